The van der Waals surface area contributed by atoms with Gasteiger partial charge in [0, 0.05) is 0 Å². The lowest BCUT2D eigenvalue weighted by Gasteiger charge is -2.01. The number of fused-ring (bicyclic) bond motifs is 1. The van der Waals surface area contributed by atoms with E-state index >= 15 is 0 Å². The van der Waals surface area contributed by atoms with Crippen molar-refractivity contribution in [3.05, 3.63) is 41.5 Å². The molecule has 1 heterocycles. The zero-order valence-corrected chi connectivity index (χ0v) is 10.4. The van der Waals surface area contributed by atoms with E-state index in [0.717, 1.165) is 29.9 Å². The van der Waals surface area contributed by atoms with Crippen LogP contribution < -0.4 is 9.47 Å². The summed E-state index contributed by atoms with van der Waals surface area (Å²) < 4.78 is 10.7. The predicted molar refractivity (Wildman–Crippen MR) is 70.3 cm³/mol. The Bertz CT molecular complexity index is 444. The molecule has 1 aromatic carbocycles. The van der Waals surface area contributed by atoms with Crippen molar-refractivity contribution in [1.29, 1.82) is 0 Å². The number of allylic oxidation sites excluding steroid dienone is 3. The van der Waals surface area contributed by atoms with Crippen LogP contribution in [0.2, 0.25) is 0 Å². The van der Waals surface area contributed by atoms with Gasteiger partial charge in [0.2, 0.25) is 6.79 Å². The average Bonchev–Trinajstić information content (AvgIpc) is 2.81. The van der Waals surface area contributed by atoms with Gasteiger partial charge in [0.25, 0.3) is 0 Å². The molecule has 0 N–H and O–H groups in total. The van der Waals surface area contributed by atoms with Crippen LogP contribution in [0.4, 0.5) is 0 Å². The molecule has 0 aliphatic carbocycles. The van der Waals surface area contributed by atoms with Crippen molar-refractivity contribution in [2.45, 2.75) is 26.7 Å². The topological polar surface area (TPSA) is 18.5 Å². The lowest BCUT2D eigenvalue weighted by atomic mass is 10.1. The Morgan fingerprint density at radius 3 is 2.82 bits per heavy atom. The van der Waals surface area contributed by atoms with E-state index in [9.17, 15) is 0 Å². The molecule has 0 spiro atoms. The first-order valence-electron chi connectivity index (χ1n) is 6.10. The first-order chi connectivity index (χ1) is 8.33. The molecule has 0 bridgehead atoms. The van der Waals surface area contributed by atoms with Gasteiger partial charge in [0.1, 0.15) is 0 Å². The van der Waals surface area contributed by atoms with E-state index < -0.39 is 0 Å². The van der Waals surface area contributed by atoms with Crippen molar-refractivity contribution in [3.8, 4) is 11.5 Å². The van der Waals surface area contributed by atoms with E-state index in [1.54, 1.807) is 0 Å². The van der Waals surface area contributed by atoms with Gasteiger partial charge in [-0.15, -0.1) is 0 Å². The van der Waals surface area contributed by atoms with Crippen LogP contribution in [-0.2, 0) is 0 Å². The maximum absolute atomic E-state index is 5.37. The highest BCUT2D eigenvalue weighted by Gasteiger charge is 2.12. The van der Waals surface area contributed by atoms with Crippen molar-refractivity contribution in [2.75, 3.05) is 6.79 Å². The van der Waals surface area contributed by atoms with Crippen LogP contribution in [0.1, 0.15) is 32.3 Å². The number of rotatable bonds is 4. The second-order valence-corrected chi connectivity index (χ2v) is 4.00. The minimum absolute atomic E-state index is 0.332. The summed E-state index contributed by atoms with van der Waals surface area (Å²) in [5, 5.41) is 0. The monoisotopic (exact) mass is 230 g/mol. The standard InChI is InChI=1S/C15H18O2/c1-3-5-6-12(4-2)9-13-7-8-14-15(10-13)17-11-16-14/h5-10H,3-4,11H2,1-2H3/b6-5+,12-9+. The third kappa shape index (κ3) is 2.90. The molecule has 0 aromatic heterocycles. The lowest BCUT2D eigenvalue weighted by molar-refractivity contribution is 0.174. The van der Waals surface area contributed by atoms with Gasteiger partial charge in [0.05, 0.1) is 0 Å². The molecule has 0 saturated carbocycles. The minimum Gasteiger partial charge on any atom is -0.454 e. The van der Waals surface area contributed by atoms with Gasteiger partial charge >= 0.3 is 0 Å². The second kappa shape index (κ2) is 5.58. The fraction of sp³-hybridized carbons (Fsp3) is 0.333. The third-order valence-corrected chi connectivity index (χ3v) is 2.72. The fourth-order valence-electron chi connectivity index (χ4n) is 1.75. The Labute approximate surface area is 103 Å². The fourth-order valence-corrected chi connectivity index (χ4v) is 1.75. The molecule has 90 valence electrons. The second-order valence-electron chi connectivity index (χ2n) is 4.00. The van der Waals surface area contributed by atoms with Crippen LogP contribution in [0.15, 0.2) is 35.9 Å². The molecular formula is C15H18O2. The van der Waals surface area contributed by atoms with E-state index in [1.807, 2.05) is 12.1 Å². The molecule has 2 heteroatoms. The summed E-state index contributed by atoms with van der Waals surface area (Å²) in [5.41, 5.74) is 2.48. The SMILES string of the molecule is CC/C=C/C(=C/c1ccc2c(c1)OCO2)CC. The van der Waals surface area contributed by atoms with Gasteiger partial charge in [-0.2, -0.15) is 0 Å². The van der Waals surface area contributed by atoms with Crippen LogP contribution >= 0.6 is 0 Å². The zero-order chi connectivity index (χ0) is 12.1. The largest absolute Gasteiger partial charge is 0.454 e. The molecule has 2 nitrogen and oxygen atoms in total. The number of hydrogen-bond donors (Lipinski definition) is 0. The van der Waals surface area contributed by atoms with Gasteiger partial charge in [-0.1, -0.05) is 38.1 Å². The zero-order valence-electron chi connectivity index (χ0n) is 10.4. The molecule has 0 atom stereocenters. The van der Waals surface area contributed by atoms with Gasteiger partial charge in [-0.05, 0) is 36.1 Å². The smallest absolute Gasteiger partial charge is 0.231 e. The molecule has 0 unspecified atom stereocenters. The van der Waals surface area contributed by atoms with E-state index in [4.69, 9.17) is 9.47 Å². The highest BCUT2D eigenvalue weighted by atomic mass is 16.7. The number of hydrogen-bond acceptors (Lipinski definition) is 2. The van der Waals surface area contributed by atoms with E-state index in [2.05, 4.69) is 38.1 Å². The minimum atomic E-state index is 0.332. The average molecular weight is 230 g/mol. The highest BCUT2D eigenvalue weighted by molar-refractivity contribution is 5.60. The van der Waals surface area contributed by atoms with Gasteiger partial charge in [-0.3, -0.25) is 0 Å². The predicted octanol–water partition coefficient (Wildman–Crippen LogP) is 4.17. The molecule has 0 fully saturated rings. The molecule has 1 aromatic rings. The van der Waals surface area contributed by atoms with Crippen LogP contribution in [0.5, 0.6) is 11.5 Å². The first kappa shape index (κ1) is 11.8. The molecule has 17 heavy (non-hydrogen) atoms. The molecule has 1 aliphatic heterocycles. The first-order valence-corrected chi connectivity index (χ1v) is 6.10. The van der Waals surface area contributed by atoms with Crippen LogP contribution in [-0.4, -0.2) is 6.79 Å². The number of benzene rings is 1. The summed E-state index contributed by atoms with van der Waals surface area (Å²) in [6.07, 6.45) is 8.66. The molecule has 0 radical (unpaired) electrons. The van der Waals surface area contributed by atoms with E-state index in [1.165, 1.54) is 5.57 Å². The summed E-state index contributed by atoms with van der Waals surface area (Å²) >= 11 is 0. The summed E-state index contributed by atoms with van der Waals surface area (Å²) in [6.45, 7) is 4.64. The van der Waals surface area contributed by atoms with E-state index in [-0.39, 0.29) is 0 Å². The van der Waals surface area contributed by atoms with Crippen molar-refractivity contribution in [2.24, 2.45) is 0 Å². The third-order valence-electron chi connectivity index (χ3n) is 2.72. The van der Waals surface area contributed by atoms with Crippen LogP contribution in [0.25, 0.3) is 6.08 Å². The Morgan fingerprint density at radius 1 is 1.24 bits per heavy atom. The van der Waals surface area contributed by atoms with Crippen LogP contribution in [0, 0.1) is 0 Å². The van der Waals surface area contributed by atoms with Gasteiger partial charge in [0.15, 0.2) is 11.5 Å². The highest BCUT2D eigenvalue weighted by Crippen LogP contribution is 2.33. The van der Waals surface area contributed by atoms with Crippen LogP contribution in [0.3, 0.4) is 0 Å². The Balaban J connectivity index is 2.22. The van der Waals surface area contributed by atoms with Gasteiger partial charge < -0.3 is 9.47 Å². The Morgan fingerprint density at radius 2 is 2.06 bits per heavy atom. The molecule has 2 rings (SSSR count). The Kier molecular flexibility index (Phi) is 3.86. The van der Waals surface area contributed by atoms with Crippen molar-refractivity contribution >= 4 is 6.08 Å². The number of ether oxygens (including phenoxy) is 2. The maximum Gasteiger partial charge on any atom is 0.231 e. The summed E-state index contributed by atoms with van der Waals surface area (Å²) in [7, 11) is 0. The normalized spacial score (nSPS) is 14.6. The summed E-state index contributed by atoms with van der Waals surface area (Å²) in [6, 6.07) is 6.05. The van der Waals surface area contributed by atoms with Gasteiger partial charge in [-0.25, -0.2) is 0 Å². The summed E-state index contributed by atoms with van der Waals surface area (Å²) in [4.78, 5) is 0. The molecule has 0 saturated heterocycles. The Hall–Kier alpha value is -1.70. The summed E-state index contributed by atoms with van der Waals surface area (Å²) in [5.74, 6) is 1.68. The van der Waals surface area contributed by atoms with E-state index in [0.29, 0.717) is 6.79 Å². The molecule has 1 aliphatic rings. The quantitative estimate of drug-likeness (QED) is 0.722. The molecule has 0 amide bonds. The maximum atomic E-state index is 5.37. The molecular weight excluding hydrogens is 212 g/mol. The van der Waals surface area contributed by atoms with Crippen molar-refractivity contribution < 1.29 is 9.47 Å². The lowest BCUT2D eigenvalue weighted by Crippen LogP contribution is -1.92. The van der Waals surface area contributed by atoms with Crippen molar-refractivity contribution in [3.63, 3.8) is 0 Å². The van der Waals surface area contributed by atoms with Crippen molar-refractivity contribution in [1.82, 2.24) is 0 Å².